The van der Waals surface area contributed by atoms with Crippen molar-refractivity contribution in [2.24, 2.45) is 0 Å². The molecule has 6 heteroatoms. The summed E-state index contributed by atoms with van der Waals surface area (Å²) < 4.78 is 1.96. The Kier molecular flexibility index (Phi) is 2.47. The molecule has 0 amide bonds. The summed E-state index contributed by atoms with van der Waals surface area (Å²) in [6.07, 6.45) is 0. The van der Waals surface area contributed by atoms with Gasteiger partial charge >= 0.3 is 0 Å². The maximum Gasteiger partial charge on any atom is 0.188 e. The summed E-state index contributed by atoms with van der Waals surface area (Å²) in [6.45, 7) is 0. The van der Waals surface area contributed by atoms with Crippen molar-refractivity contribution in [2.75, 3.05) is 0 Å². The van der Waals surface area contributed by atoms with Gasteiger partial charge in [-0.05, 0) is 15.9 Å². The van der Waals surface area contributed by atoms with Gasteiger partial charge in [0, 0.05) is 0 Å². The zero-order chi connectivity index (χ0) is 8.43. The van der Waals surface area contributed by atoms with E-state index in [0.717, 1.165) is 0 Å². The monoisotopic (exact) mass is 322 g/mol. The van der Waals surface area contributed by atoms with Gasteiger partial charge in [0.05, 0.1) is 22.9 Å². The first-order valence-corrected chi connectivity index (χ1v) is 4.21. The maximum absolute atomic E-state index is 8.56. The number of halogens is 2. The highest BCUT2D eigenvalue weighted by atomic mass is 127. The van der Waals surface area contributed by atoms with Crippen molar-refractivity contribution < 1.29 is 0 Å². The van der Waals surface area contributed by atoms with Gasteiger partial charge in [0.1, 0.15) is 12.1 Å². The fraction of sp³-hybridized carbons (Fsp3) is 0. The number of aromatic nitrogens is 2. The lowest BCUT2D eigenvalue weighted by Crippen LogP contribution is -1.84. The van der Waals surface area contributed by atoms with E-state index in [-0.39, 0.29) is 11.4 Å². The molecule has 0 atom stereocenters. The molecule has 0 bridgehead atoms. The highest BCUT2D eigenvalue weighted by Crippen LogP contribution is 2.18. The van der Waals surface area contributed by atoms with Gasteiger partial charge in [-0.25, -0.2) is 7.76 Å². The highest BCUT2D eigenvalue weighted by molar-refractivity contribution is 14.1. The summed E-state index contributed by atoms with van der Waals surface area (Å²) in [5.41, 5.74) is 0.411. The molecule has 11 heavy (non-hydrogen) atoms. The summed E-state index contributed by atoms with van der Waals surface area (Å²) in [5, 5.41) is 17.0. The molecule has 0 aromatic carbocycles. The molecule has 0 aliphatic carbocycles. The van der Waals surface area contributed by atoms with E-state index in [9.17, 15) is 0 Å². The summed E-state index contributed by atoms with van der Waals surface area (Å²) >= 11 is 4.97. The molecule has 1 heterocycles. The lowest BCUT2D eigenvalue weighted by molar-refractivity contribution is 1.19. The highest BCUT2D eigenvalue weighted by Gasteiger charge is 2.12. The molecule has 1 rings (SSSR count). The molecule has 54 valence electrons. The first kappa shape index (κ1) is 8.50. The Morgan fingerprint density at radius 3 is 2.45 bits per heavy atom. The van der Waals surface area contributed by atoms with Crippen molar-refractivity contribution in [1.82, 2.24) is 7.76 Å². The molecule has 0 saturated heterocycles. The van der Waals surface area contributed by atoms with Gasteiger partial charge in [-0.1, -0.05) is 0 Å². The number of hydrogen-bond donors (Lipinski definition) is 0. The second-order valence-electron chi connectivity index (χ2n) is 1.58. The molecule has 0 aliphatic rings. The minimum Gasteiger partial charge on any atom is -0.248 e. The molecule has 0 radical (unpaired) electrons. The number of nitriles is 2. The molecule has 0 unspecified atom stereocenters. The number of nitrogens with zero attached hydrogens (tertiary/aromatic N) is 4. The molecule has 0 spiro atoms. The van der Waals surface area contributed by atoms with Crippen LogP contribution in [0.4, 0.5) is 0 Å². The summed E-state index contributed by atoms with van der Waals surface area (Å²) in [4.78, 5) is 3.79. The van der Waals surface area contributed by atoms with E-state index < -0.39 is 0 Å². The number of imidazole rings is 1. The number of hydrogen-bond acceptors (Lipinski definition) is 3. The summed E-state index contributed by atoms with van der Waals surface area (Å²) in [7, 11) is 0. The molecule has 1 aromatic heterocycles. The second-order valence-corrected chi connectivity index (χ2v) is 3.26. The third-order valence-electron chi connectivity index (χ3n) is 0.998. The van der Waals surface area contributed by atoms with Crippen molar-refractivity contribution in [3.05, 3.63) is 16.1 Å². The number of rotatable bonds is 0. The molecule has 0 aliphatic heterocycles. The van der Waals surface area contributed by atoms with Crippen LogP contribution in [0.1, 0.15) is 11.4 Å². The summed E-state index contributed by atoms with van der Waals surface area (Å²) in [5.74, 6) is 0. The van der Waals surface area contributed by atoms with Crippen LogP contribution in [0.5, 0.6) is 0 Å². The summed E-state index contributed by atoms with van der Waals surface area (Å²) in [6, 6.07) is 3.69. The minimum absolute atomic E-state index is 0.147. The smallest absolute Gasteiger partial charge is 0.188 e. The molecule has 0 N–H and O–H groups in total. The lowest BCUT2D eigenvalue weighted by Gasteiger charge is -1.87. The van der Waals surface area contributed by atoms with Gasteiger partial charge in [0.25, 0.3) is 0 Å². The van der Waals surface area contributed by atoms with Gasteiger partial charge in [0.15, 0.2) is 16.1 Å². The van der Waals surface area contributed by atoms with Gasteiger partial charge in [-0.3, -0.25) is 0 Å². The fourth-order valence-electron chi connectivity index (χ4n) is 0.549. The molecule has 0 saturated carbocycles. The van der Waals surface area contributed by atoms with Crippen molar-refractivity contribution >= 4 is 38.8 Å². The average Bonchev–Trinajstić information content (AvgIpc) is 2.28. The zero-order valence-electron chi connectivity index (χ0n) is 5.04. The molecular formula is C5BrIN4. The predicted molar refractivity (Wildman–Crippen MR) is 48.8 cm³/mol. The quantitative estimate of drug-likeness (QED) is 0.681. The largest absolute Gasteiger partial charge is 0.248 e. The van der Waals surface area contributed by atoms with Crippen LogP contribution in [0.2, 0.25) is 0 Å². The Hall–Kier alpha value is -0.600. The van der Waals surface area contributed by atoms with Crippen LogP contribution in [-0.4, -0.2) is 7.76 Å². The van der Waals surface area contributed by atoms with E-state index >= 15 is 0 Å². The molecule has 0 fully saturated rings. The van der Waals surface area contributed by atoms with E-state index in [1.165, 1.54) is 2.78 Å². The van der Waals surface area contributed by atoms with Crippen LogP contribution in [0, 0.1) is 22.7 Å². The molecule has 4 nitrogen and oxygen atoms in total. The van der Waals surface area contributed by atoms with Crippen molar-refractivity contribution in [2.45, 2.75) is 0 Å². The van der Waals surface area contributed by atoms with E-state index in [1.807, 2.05) is 35.0 Å². The van der Waals surface area contributed by atoms with Gasteiger partial charge in [0.2, 0.25) is 0 Å². The Bertz CT molecular complexity index is 369. The fourth-order valence-corrected chi connectivity index (χ4v) is 1.35. The zero-order valence-corrected chi connectivity index (χ0v) is 8.79. The molecular weight excluding hydrogens is 323 g/mol. The van der Waals surface area contributed by atoms with Crippen LogP contribution >= 0.6 is 38.8 Å². The Morgan fingerprint density at radius 1 is 1.45 bits per heavy atom. The van der Waals surface area contributed by atoms with Crippen LogP contribution in [0.15, 0.2) is 4.73 Å². The van der Waals surface area contributed by atoms with Crippen molar-refractivity contribution in [3.63, 3.8) is 0 Å². The van der Waals surface area contributed by atoms with E-state index in [4.69, 9.17) is 10.5 Å². The topological polar surface area (TPSA) is 65.4 Å². The third-order valence-corrected chi connectivity index (χ3v) is 3.13. The first-order valence-electron chi connectivity index (χ1n) is 2.45. The van der Waals surface area contributed by atoms with Crippen LogP contribution in [0.25, 0.3) is 0 Å². The normalized spacial score (nSPS) is 8.73. The standard InChI is InChI=1S/C5BrIN4/c6-5-10-3(1-8)4(2-9)11(5)7. The average molecular weight is 323 g/mol. The van der Waals surface area contributed by atoms with Crippen LogP contribution < -0.4 is 0 Å². The SMILES string of the molecule is N#Cc1nc(Br)n(I)c1C#N. The van der Waals surface area contributed by atoms with Crippen LogP contribution in [-0.2, 0) is 0 Å². The van der Waals surface area contributed by atoms with E-state index in [0.29, 0.717) is 4.73 Å². The third kappa shape index (κ3) is 1.37. The van der Waals surface area contributed by atoms with Crippen molar-refractivity contribution in [1.29, 1.82) is 10.5 Å². The first-order chi connectivity index (χ1) is 5.20. The van der Waals surface area contributed by atoms with E-state index in [1.54, 1.807) is 0 Å². The Morgan fingerprint density at radius 2 is 2.09 bits per heavy atom. The Balaban J connectivity index is 3.45. The predicted octanol–water partition coefficient (Wildman–Crippen LogP) is 1.59. The van der Waals surface area contributed by atoms with Crippen LogP contribution in [0.3, 0.4) is 0 Å². The van der Waals surface area contributed by atoms with Gasteiger partial charge < -0.3 is 0 Å². The van der Waals surface area contributed by atoms with Crippen molar-refractivity contribution in [3.8, 4) is 12.1 Å². The van der Waals surface area contributed by atoms with E-state index in [2.05, 4.69) is 20.9 Å². The Labute approximate surface area is 85.1 Å². The van der Waals surface area contributed by atoms with Gasteiger partial charge in [-0.15, -0.1) is 0 Å². The maximum atomic E-state index is 8.56. The minimum atomic E-state index is 0.147. The molecule has 1 aromatic rings. The second kappa shape index (κ2) is 3.20. The lowest BCUT2D eigenvalue weighted by atomic mass is 10.4. The van der Waals surface area contributed by atoms with Gasteiger partial charge in [-0.2, -0.15) is 10.5 Å².